The summed E-state index contributed by atoms with van der Waals surface area (Å²) in [5.74, 6) is 0.406. The molecular formula is C10H17NO2. The minimum absolute atomic E-state index is 0.198. The summed E-state index contributed by atoms with van der Waals surface area (Å²) in [7, 11) is 1.70. The molecule has 3 heteroatoms. The highest BCUT2D eigenvalue weighted by Crippen LogP contribution is 2.35. The van der Waals surface area contributed by atoms with Crippen molar-refractivity contribution >= 4 is 5.91 Å². The smallest absolute Gasteiger partial charge is 0.225 e. The second kappa shape index (κ2) is 3.29. The Kier molecular flexibility index (Phi) is 2.28. The lowest BCUT2D eigenvalue weighted by Gasteiger charge is -2.28. The number of hydrogen-bond donors (Lipinski definition) is 1. The average molecular weight is 183 g/mol. The van der Waals surface area contributed by atoms with Gasteiger partial charge in [0.05, 0.1) is 0 Å². The Morgan fingerprint density at radius 3 is 3.08 bits per heavy atom. The van der Waals surface area contributed by atoms with Crippen LogP contribution in [0.15, 0.2) is 0 Å². The first-order chi connectivity index (χ1) is 6.26. The van der Waals surface area contributed by atoms with Gasteiger partial charge in [-0.15, -0.1) is 0 Å². The maximum Gasteiger partial charge on any atom is 0.225 e. The van der Waals surface area contributed by atoms with E-state index in [9.17, 15) is 4.79 Å². The van der Waals surface area contributed by atoms with Crippen LogP contribution < -0.4 is 5.32 Å². The molecule has 0 spiro atoms. The van der Waals surface area contributed by atoms with Crippen LogP contribution in [0.1, 0.15) is 38.5 Å². The van der Waals surface area contributed by atoms with E-state index in [1.807, 2.05) is 0 Å². The first kappa shape index (κ1) is 9.00. The molecule has 13 heavy (non-hydrogen) atoms. The molecule has 2 rings (SSSR count). The van der Waals surface area contributed by atoms with Gasteiger partial charge >= 0.3 is 0 Å². The number of carbonyl (C=O) groups is 1. The molecule has 1 heterocycles. The van der Waals surface area contributed by atoms with Crippen LogP contribution >= 0.6 is 0 Å². The molecule has 74 valence electrons. The third-order valence-electron chi connectivity index (χ3n) is 3.32. The Morgan fingerprint density at radius 1 is 1.46 bits per heavy atom. The summed E-state index contributed by atoms with van der Waals surface area (Å²) < 4.78 is 5.44. The second-order valence-electron chi connectivity index (χ2n) is 4.19. The van der Waals surface area contributed by atoms with Gasteiger partial charge in [0.2, 0.25) is 5.91 Å². The SMILES string of the molecule is COC12CCCCCC(C1)C(=O)N2. The van der Waals surface area contributed by atoms with Crippen molar-refractivity contribution in [2.24, 2.45) is 5.92 Å². The van der Waals surface area contributed by atoms with E-state index in [0.29, 0.717) is 0 Å². The Labute approximate surface area is 78.8 Å². The predicted molar refractivity (Wildman–Crippen MR) is 49.1 cm³/mol. The van der Waals surface area contributed by atoms with E-state index in [0.717, 1.165) is 19.3 Å². The number of carbonyl (C=O) groups excluding carboxylic acids is 1. The fourth-order valence-electron chi connectivity index (χ4n) is 2.48. The molecule has 1 amide bonds. The van der Waals surface area contributed by atoms with Crippen molar-refractivity contribution in [3.05, 3.63) is 0 Å². The van der Waals surface area contributed by atoms with Gasteiger partial charge in [-0.2, -0.15) is 0 Å². The van der Waals surface area contributed by atoms with Crippen molar-refractivity contribution in [2.75, 3.05) is 7.11 Å². The molecule has 2 atom stereocenters. The van der Waals surface area contributed by atoms with Crippen molar-refractivity contribution in [1.82, 2.24) is 5.32 Å². The van der Waals surface area contributed by atoms with Crippen molar-refractivity contribution in [3.63, 3.8) is 0 Å². The lowest BCUT2D eigenvalue weighted by molar-refractivity contribution is -0.125. The number of ether oxygens (including phenoxy) is 1. The third kappa shape index (κ3) is 1.57. The number of methoxy groups -OCH3 is 1. The van der Waals surface area contributed by atoms with Gasteiger partial charge in [0.25, 0.3) is 0 Å². The van der Waals surface area contributed by atoms with E-state index >= 15 is 0 Å². The summed E-state index contributed by atoms with van der Waals surface area (Å²) in [6.45, 7) is 0. The van der Waals surface area contributed by atoms with Gasteiger partial charge in [-0.05, 0) is 19.3 Å². The molecule has 3 nitrogen and oxygen atoms in total. The minimum Gasteiger partial charge on any atom is -0.359 e. The Morgan fingerprint density at radius 2 is 2.31 bits per heavy atom. The van der Waals surface area contributed by atoms with Gasteiger partial charge in [-0.3, -0.25) is 4.79 Å². The fraction of sp³-hybridized carbons (Fsp3) is 0.900. The van der Waals surface area contributed by atoms with Gasteiger partial charge in [-0.1, -0.05) is 12.8 Å². The topological polar surface area (TPSA) is 38.3 Å². The molecule has 1 saturated carbocycles. The third-order valence-corrected chi connectivity index (χ3v) is 3.32. The number of hydrogen-bond acceptors (Lipinski definition) is 2. The molecule has 1 aliphatic carbocycles. The van der Waals surface area contributed by atoms with Crippen molar-refractivity contribution in [3.8, 4) is 0 Å². The van der Waals surface area contributed by atoms with Gasteiger partial charge in [0, 0.05) is 19.4 Å². The van der Waals surface area contributed by atoms with E-state index in [-0.39, 0.29) is 17.6 Å². The zero-order chi connectivity index (χ0) is 9.31. The van der Waals surface area contributed by atoms with Crippen molar-refractivity contribution < 1.29 is 9.53 Å². The van der Waals surface area contributed by atoms with Crippen LogP contribution in [0.25, 0.3) is 0 Å². The fourth-order valence-corrected chi connectivity index (χ4v) is 2.48. The first-order valence-corrected chi connectivity index (χ1v) is 5.13. The highest BCUT2D eigenvalue weighted by molar-refractivity contribution is 5.81. The molecule has 0 radical (unpaired) electrons. The standard InChI is InChI=1S/C10H17NO2/c1-13-10-6-4-2-3-5-8(7-10)9(12)11-10/h8H,2-7H2,1H3,(H,11,12). The van der Waals surface area contributed by atoms with E-state index in [1.165, 1.54) is 19.3 Å². The van der Waals surface area contributed by atoms with Crippen LogP contribution in [-0.2, 0) is 9.53 Å². The van der Waals surface area contributed by atoms with Crippen LogP contribution in [0.4, 0.5) is 0 Å². The monoisotopic (exact) mass is 183 g/mol. The highest BCUT2D eigenvalue weighted by atomic mass is 16.5. The molecule has 1 saturated heterocycles. The van der Waals surface area contributed by atoms with Crippen molar-refractivity contribution in [2.45, 2.75) is 44.2 Å². The average Bonchev–Trinajstić information content (AvgIpc) is 2.42. The van der Waals surface area contributed by atoms with E-state index in [2.05, 4.69) is 5.32 Å². The van der Waals surface area contributed by atoms with Gasteiger partial charge in [0.1, 0.15) is 5.72 Å². The molecule has 1 N–H and O–H groups in total. The second-order valence-corrected chi connectivity index (χ2v) is 4.19. The molecule has 1 aliphatic heterocycles. The Bertz CT molecular complexity index is 217. The summed E-state index contributed by atoms with van der Waals surface area (Å²) in [5.41, 5.74) is -0.317. The first-order valence-electron chi connectivity index (χ1n) is 5.13. The minimum atomic E-state index is -0.317. The number of amides is 1. The van der Waals surface area contributed by atoms with Gasteiger partial charge in [-0.25, -0.2) is 0 Å². The maximum absolute atomic E-state index is 11.5. The molecular weight excluding hydrogens is 166 g/mol. The van der Waals surface area contributed by atoms with Gasteiger partial charge < -0.3 is 10.1 Å². The zero-order valence-corrected chi connectivity index (χ0v) is 8.14. The van der Waals surface area contributed by atoms with Crippen molar-refractivity contribution in [1.29, 1.82) is 0 Å². The lowest BCUT2D eigenvalue weighted by Crippen LogP contribution is -2.43. The summed E-state index contributed by atoms with van der Waals surface area (Å²) in [6.07, 6.45) is 6.49. The molecule has 2 aliphatic rings. The summed E-state index contributed by atoms with van der Waals surface area (Å²) in [5, 5.41) is 3.00. The normalized spacial score (nSPS) is 39.5. The Hall–Kier alpha value is -0.570. The van der Waals surface area contributed by atoms with E-state index in [1.54, 1.807) is 7.11 Å². The number of fused-ring (bicyclic) bond motifs is 2. The van der Waals surface area contributed by atoms with E-state index in [4.69, 9.17) is 4.74 Å². The largest absolute Gasteiger partial charge is 0.359 e. The molecule has 2 bridgehead atoms. The summed E-state index contributed by atoms with van der Waals surface area (Å²) in [6, 6.07) is 0. The molecule has 2 fully saturated rings. The zero-order valence-electron chi connectivity index (χ0n) is 8.14. The summed E-state index contributed by atoms with van der Waals surface area (Å²) >= 11 is 0. The van der Waals surface area contributed by atoms with Gasteiger partial charge in [0.15, 0.2) is 0 Å². The number of nitrogens with one attached hydrogen (secondary N) is 1. The van der Waals surface area contributed by atoms with Crippen LogP contribution in [0.3, 0.4) is 0 Å². The highest BCUT2D eigenvalue weighted by Gasteiger charge is 2.44. The molecule has 0 aromatic heterocycles. The summed E-state index contributed by atoms with van der Waals surface area (Å²) in [4.78, 5) is 11.5. The van der Waals surface area contributed by atoms with Crippen LogP contribution in [0, 0.1) is 5.92 Å². The van der Waals surface area contributed by atoms with Crippen LogP contribution in [-0.4, -0.2) is 18.7 Å². The maximum atomic E-state index is 11.5. The molecule has 0 aromatic carbocycles. The Balaban J connectivity index is 2.14. The molecule has 2 unspecified atom stereocenters. The van der Waals surface area contributed by atoms with Crippen LogP contribution in [0.5, 0.6) is 0 Å². The quantitative estimate of drug-likeness (QED) is 0.668. The lowest BCUT2D eigenvalue weighted by atomic mass is 9.90. The predicted octanol–water partition coefficient (Wildman–Crippen LogP) is 1.43. The van der Waals surface area contributed by atoms with Crippen LogP contribution in [0.2, 0.25) is 0 Å². The van der Waals surface area contributed by atoms with E-state index < -0.39 is 0 Å². The number of rotatable bonds is 1. The molecule has 0 aromatic rings.